The third kappa shape index (κ3) is 3.81. The van der Waals surface area contributed by atoms with E-state index in [-0.39, 0.29) is 18.0 Å². The number of aryl methyl sites for hydroxylation is 1. The van der Waals surface area contributed by atoms with Gasteiger partial charge in [0.05, 0.1) is 6.54 Å². The van der Waals surface area contributed by atoms with E-state index in [2.05, 4.69) is 17.2 Å². The summed E-state index contributed by atoms with van der Waals surface area (Å²) in [5.41, 5.74) is 6.79. The fourth-order valence-corrected chi connectivity index (χ4v) is 1.72. The molecule has 0 aliphatic carbocycles. The summed E-state index contributed by atoms with van der Waals surface area (Å²) in [6, 6.07) is 10.0. The van der Waals surface area contributed by atoms with Gasteiger partial charge in [-0.15, -0.1) is 0 Å². The Kier molecular flexibility index (Phi) is 4.54. The van der Waals surface area contributed by atoms with Crippen LogP contribution in [0.2, 0.25) is 0 Å². The highest BCUT2D eigenvalue weighted by Crippen LogP contribution is 2.11. The molecule has 0 atom stereocenters. The molecule has 5 heteroatoms. The lowest BCUT2D eigenvalue weighted by Gasteiger charge is -2.06. The predicted molar refractivity (Wildman–Crippen MR) is 82.0 cm³/mol. The lowest BCUT2D eigenvalue weighted by atomic mass is 10.2. The molecule has 0 radical (unpaired) electrons. The van der Waals surface area contributed by atoms with E-state index in [4.69, 9.17) is 5.73 Å². The smallest absolute Gasteiger partial charge is 0.255 e. The van der Waals surface area contributed by atoms with Gasteiger partial charge in [0, 0.05) is 36.1 Å². The number of hydrogen-bond acceptors (Lipinski definition) is 3. The number of amides is 1. The highest BCUT2D eigenvalue weighted by molar-refractivity contribution is 6.04. The Morgan fingerprint density at radius 2 is 2.14 bits per heavy atom. The van der Waals surface area contributed by atoms with Crippen LogP contribution >= 0.6 is 0 Å². The molecular weight excluding hydrogens is 266 g/mol. The number of rotatable bonds is 2. The lowest BCUT2D eigenvalue weighted by molar-refractivity contribution is 0.102. The summed E-state index contributed by atoms with van der Waals surface area (Å²) in [6.45, 7) is 0.282. The zero-order valence-electron chi connectivity index (χ0n) is 11.6. The maximum absolute atomic E-state index is 12.1. The van der Waals surface area contributed by atoms with Crippen molar-refractivity contribution in [1.29, 1.82) is 0 Å². The fraction of sp³-hybridized carbons (Fsp3) is 0.125. The van der Waals surface area contributed by atoms with Crippen LogP contribution in [0, 0.1) is 11.8 Å². The fourth-order valence-electron chi connectivity index (χ4n) is 1.72. The first-order valence-electron chi connectivity index (χ1n) is 6.37. The quantitative estimate of drug-likeness (QED) is 0.805. The van der Waals surface area contributed by atoms with E-state index in [1.165, 1.54) is 10.6 Å². The molecule has 0 aliphatic heterocycles. The summed E-state index contributed by atoms with van der Waals surface area (Å²) in [7, 11) is 1.63. The van der Waals surface area contributed by atoms with Gasteiger partial charge in [-0.1, -0.05) is 17.9 Å². The van der Waals surface area contributed by atoms with Crippen molar-refractivity contribution in [2.75, 3.05) is 11.9 Å². The van der Waals surface area contributed by atoms with E-state index < -0.39 is 0 Å². The number of hydrogen-bond donors (Lipinski definition) is 2. The van der Waals surface area contributed by atoms with Crippen LogP contribution in [0.5, 0.6) is 0 Å². The van der Waals surface area contributed by atoms with E-state index >= 15 is 0 Å². The van der Waals surface area contributed by atoms with Gasteiger partial charge in [-0.2, -0.15) is 0 Å². The molecule has 0 aliphatic rings. The molecule has 3 N–H and O–H groups in total. The molecule has 0 saturated carbocycles. The van der Waals surface area contributed by atoms with Gasteiger partial charge in [-0.3, -0.25) is 9.59 Å². The second-order valence-corrected chi connectivity index (χ2v) is 4.41. The Balaban J connectivity index is 2.19. The van der Waals surface area contributed by atoms with Crippen molar-refractivity contribution in [1.82, 2.24) is 4.57 Å². The summed E-state index contributed by atoms with van der Waals surface area (Å²) >= 11 is 0. The Morgan fingerprint density at radius 3 is 2.86 bits per heavy atom. The van der Waals surface area contributed by atoms with Gasteiger partial charge in [-0.25, -0.2) is 0 Å². The molecule has 0 bridgehead atoms. The molecule has 1 aromatic heterocycles. The second kappa shape index (κ2) is 6.55. The molecule has 2 rings (SSSR count). The van der Waals surface area contributed by atoms with Crippen molar-refractivity contribution >= 4 is 11.6 Å². The second-order valence-electron chi connectivity index (χ2n) is 4.41. The largest absolute Gasteiger partial charge is 0.322 e. The third-order valence-corrected chi connectivity index (χ3v) is 2.82. The molecule has 106 valence electrons. The van der Waals surface area contributed by atoms with Crippen LogP contribution in [0.4, 0.5) is 5.69 Å². The Labute approximate surface area is 122 Å². The first-order valence-corrected chi connectivity index (χ1v) is 6.37. The number of anilines is 1. The molecule has 5 nitrogen and oxygen atoms in total. The minimum Gasteiger partial charge on any atom is -0.322 e. The van der Waals surface area contributed by atoms with Crippen molar-refractivity contribution in [3.63, 3.8) is 0 Å². The normalized spacial score (nSPS) is 9.62. The van der Waals surface area contributed by atoms with Crippen LogP contribution < -0.4 is 16.6 Å². The van der Waals surface area contributed by atoms with Crippen LogP contribution in [-0.2, 0) is 7.05 Å². The number of nitrogens with two attached hydrogens (primary N) is 1. The third-order valence-electron chi connectivity index (χ3n) is 2.82. The number of aromatic nitrogens is 1. The Hall–Kier alpha value is -2.84. The molecule has 1 aromatic carbocycles. The van der Waals surface area contributed by atoms with Gasteiger partial charge in [-0.05, 0) is 24.3 Å². The maximum atomic E-state index is 12.1. The topological polar surface area (TPSA) is 77.1 Å². The van der Waals surface area contributed by atoms with E-state index in [1.807, 2.05) is 6.07 Å². The molecule has 0 saturated heterocycles. The molecule has 0 fully saturated rings. The number of carbonyl (C=O) groups excluding carboxylic acids is 1. The van der Waals surface area contributed by atoms with Gasteiger partial charge in [0.25, 0.3) is 11.5 Å². The van der Waals surface area contributed by atoms with E-state index in [0.29, 0.717) is 11.3 Å². The number of carbonyl (C=O) groups is 1. The van der Waals surface area contributed by atoms with Crippen LogP contribution in [0.25, 0.3) is 0 Å². The standard InChI is InChI=1S/C16H15N3O2/c1-19-9-7-13(11-15(19)20)16(21)18-14-6-2-4-12(10-14)5-3-8-17/h2,4,6-7,9-11H,8,17H2,1H3,(H,18,21). The van der Waals surface area contributed by atoms with E-state index in [9.17, 15) is 9.59 Å². The van der Waals surface area contributed by atoms with Gasteiger partial charge < -0.3 is 15.6 Å². The number of nitrogens with zero attached hydrogens (tertiary/aromatic N) is 1. The van der Waals surface area contributed by atoms with Gasteiger partial charge >= 0.3 is 0 Å². The van der Waals surface area contributed by atoms with Crippen LogP contribution in [0.1, 0.15) is 15.9 Å². The average Bonchev–Trinajstić information content (AvgIpc) is 2.48. The summed E-state index contributed by atoms with van der Waals surface area (Å²) in [6.07, 6.45) is 1.56. The minimum absolute atomic E-state index is 0.231. The van der Waals surface area contributed by atoms with Crippen molar-refractivity contribution in [2.45, 2.75) is 0 Å². The van der Waals surface area contributed by atoms with Crippen molar-refractivity contribution in [3.8, 4) is 11.8 Å². The molecule has 1 heterocycles. The van der Waals surface area contributed by atoms with Crippen LogP contribution in [-0.4, -0.2) is 17.0 Å². The predicted octanol–water partition coefficient (Wildman–Crippen LogP) is 0.948. The van der Waals surface area contributed by atoms with Crippen LogP contribution in [0.15, 0.2) is 47.4 Å². The highest BCUT2D eigenvalue weighted by atomic mass is 16.2. The molecule has 2 aromatic rings. The number of pyridine rings is 1. The number of nitrogens with one attached hydrogen (secondary N) is 1. The molecular formula is C16H15N3O2. The zero-order valence-corrected chi connectivity index (χ0v) is 11.6. The van der Waals surface area contributed by atoms with E-state index in [0.717, 1.165) is 5.56 Å². The summed E-state index contributed by atoms with van der Waals surface area (Å²) in [4.78, 5) is 23.6. The number of benzene rings is 1. The minimum atomic E-state index is -0.336. The van der Waals surface area contributed by atoms with Crippen molar-refractivity contribution in [3.05, 3.63) is 64.1 Å². The van der Waals surface area contributed by atoms with Gasteiger partial charge in [0.1, 0.15) is 0 Å². The summed E-state index contributed by atoms with van der Waals surface area (Å²) < 4.78 is 1.40. The van der Waals surface area contributed by atoms with Gasteiger partial charge in [0.2, 0.25) is 0 Å². The van der Waals surface area contributed by atoms with Crippen LogP contribution in [0.3, 0.4) is 0 Å². The first kappa shape index (κ1) is 14.6. The first-order chi connectivity index (χ1) is 10.1. The van der Waals surface area contributed by atoms with E-state index in [1.54, 1.807) is 37.5 Å². The molecule has 0 unspecified atom stereocenters. The zero-order chi connectivity index (χ0) is 15.2. The van der Waals surface area contributed by atoms with Crippen molar-refractivity contribution in [2.24, 2.45) is 12.8 Å². The molecule has 1 amide bonds. The summed E-state index contributed by atoms with van der Waals surface area (Å²) in [5.74, 6) is 5.31. The SMILES string of the molecule is Cn1ccc(C(=O)Nc2cccc(C#CCN)c2)cc1=O. The molecule has 0 spiro atoms. The lowest BCUT2D eigenvalue weighted by Crippen LogP contribution is -2.19. The summed E-state index contributed by atoms with van der Waals surface area (Å²) in [5, 5.41) is 2.74. The maximum Gasteiger partial charge on any atom is 0.255 e. The molecule has 21 heavy (non-hydrogen) atoms. The van der Waals surface area contributed by atoms with Gasteiger partial charge in [0.15, 0.2) is 0 Å². The average molecular weight is 281 g/mol. The van der Waals surface area contributed by atoms with Crippen molar-refractivity contribution < 1.29 is 4.79 Å². The Bertz CT molecular complexity index is 782. The Morgan fingerprint density at radius 1 is 1.33 bits per heavy atom. The monoisotopic (exact) mass is 281 g/mol. The highest BCUT2D eigenvalue weighted by Gasteiger charge is 2.07.